The highest BCUT2D eigenvalue weighted by Crippen LogP contribution is 2.50. The zero-order valence-electron chi connectivity index (χ0n) is 8.17. The molecular formula is C9H10F3NO3. The summed E-state index contributed by atoms with van der Waals surface area (Å²) in [5.41, 5.74) is -2.09. The molecule has 0 spiro atoms. The lowest BCUT2D eigenvalue weighted by molar-refractivity contribution is -0.170. The molecule has 0 aliphatic heterocycles. The van der Waals surface area contributed by atoms with E-state index in [1.165, 1.54) is 0 Å². The Morgan fingerprint density at radius 3 is 2.12 bits per heavy atom. The highest BCUT2D eigenvalue weighted by atomic mass is 19.4. The molecule has 2 saturated carbocycles. The van der Waals surface area contributed by atoms with E-state index in [4.69, 9.17) is 5.11 Å². The summed E-state index contributed by atoms with van der Waals surface area (Å²) < 4.78 is 37.4. The van der Waals surface area contributed by atoms with Crippen molar-refractivity contribution in [3.05, 3.63) is 0 Å². The quantitative estimate of drug-likeness (QED) is 0.767. The van der Waals surface area contributed by atoms with E-state index in [1.54, 1.807) is 0 Å². The minimum Gasteiger partial charge on any atom is -0.481 e. The van der Waals surface area contributed by atoms with Crippen LogP contribution >= 0.6 is 0 Å². The van der Waals surface area contributed by atoms with Gasteiger partial charge in [-0.1, -0.05) is 0 Å². The molecule has 0 saturated heterocycles. The lowest BCUT2D eigenvalue weighted by Crippen LogP contribution is -2.48. The average molecular weight is 237 g/mol. The van der Waals surface area contributed by atoms with Gasteiger partial charge in [0.15, 0.2) is 0 Å². The Morgan fingerprint density at radius 2 is 1.81 bits per heavy atom. The van der Waals surface area contributed by atoms with Gasteiger partial charge in [-0.25, -0.2) is 0 Å². The van der Waals surface area contributed by atoms with Crippen molar-refractivity contribution in [1.29, 1.82) is 0 Å². The molecule has 16 heavy (non-hydrogen) atoms. The van der Waals surface area contributed by atoms with Gasteiger partial charge in [-0.05, 0) is 19.3 Å². The highest BCUT2D eigenvalue weighted by Gasteiger charge is 2.65. The first-order valence-electron chi connectivity index (χ1n) is 4.88. The van der Waals surface area contributed by atoms with Crippen LogP contribution in [-0.2, 0) is 9.59 Å². The van der Waals surface area contributed by atoms with Gasteiger partial charge in [0, 0.05) is 0 Å². The van der Waals surface area contributed by atoms with Crippen LogP contribution in [0, 0.1) is 11.8 Å². The predicted octanol–water partition coefficient (Wildman–Crippen LogP) is 0.918. The van der Waals surface area contributed by atoms with Gasteiger partial charge >= 0.3 is 12.1 Å². The molecule has 0 bridgehead atoms. The van der Waals surface area contributed by atoms with Crippen molar-refractivity contribution < 1.29 is 27.9 Å². The standard InChI is InChI=1S/C9H10F3NO3/c10-9(11,12)8(1-2-8)13-6(14)4-3-5(4)7(15)16/h4-5H,1-3H2,(H,13,14)(H,15,16). The van der Waals surface area contributed by atoms with E-state index in [1.807, 2.05) is 5.32 Å². The average Bonchev–Trinajstić information content (AvgIpc) is 2.96. The van der Waals surface area contributed by atoms with E-state index in [9.17, 15) is 22.8 Å². The molecule has 2 rings (SSSR count). The third kappa shape index (κ3) is 1.74. The molecule has 2 fully saturated rings. The fraction of sp³-hybridized carbons (Fsp3) is 0.778. The Bertz CT molecular complexity index is 348. The Kier molecular flexibility index (Phi) is 2.18. The number of carbonyl (C=O) groups is 2. The minimum absolute atomic E-state index is 0.118. The van der Waals surface area contributed by atoms with Crippen molar-refractivity contribution >= 4 is 11.9 Å². The lowest BCUT2D eigenvalue weighted by Gasteiger charge is -2.20. The molecule has 0 radical (unpaired) electrons. The van der Waals surface area contributed by atoms with Gasteiger partial charge in [0.25, 0.3) is 0 Å². The normalized spacial score (nSPS) is 30.7. The van der Waals surface area contributed by atoms with Crippen molar-refractivity contribution in [2.24, 2.45) is 11.8 Å². The number of hydrogen-bond acceptors (Lipinski definition) is 2. The maximum Gasteiger partial charge on any atom is 0.411 e. The number of rotatable bonds is 3. The SMILES string of the molecule is O=C(O)C1CC1C(=O)NC1(C(F)(F)F)CC1. The summed E-state index contributed by atoms with van der Waals surface area (Å²) in [6.07, 6.45) is -4.55. The van der Waals surface area contributed by atoms with Crippen LogP contribution in [-0.4, -0.2) is 28.7 Å². The Hall–Kier alpha value is -1.27. The van der Waals surface area contributed by atoms with Gasteiger partial charge in [-0.2, -0.15) is 13.2 Å². The molecule has 0 heterocycles. The first kappa shape index (κ1) is 11.2. The fourth-order valence-electron chi connectivity index (χ4n) is 1.69. The summed E-state index contributed by atoms with van der Waals surface area (Å²) in [6, 6.07) is 0. The second-order valence-corrected chi connectivity index (χ2v) is 4.36. The number of carbonyl (C=O) groups excluding carboxylic acids is 1. The van der Waals surface area contributed by atoms with Gasteiger partial charge in [-0.3, -0.25) is 9.59 Å². The second kappa shape index (κ2) is 3.11. The summed E-state index contributed by atoms with van der Waals surface area (Å²) in [7, 11) is 0. The molecule has 2 aliphatic carbocycles. The van der Waals surface area contributed by atoms with E-state index in [-0.39, 0.29) is 19.3 Å². The van der Waals surface area contributed by atoms with Crippen molar-refractivity contribution in [2.45, 2.75) is 31.0 Å². The molecule has 0 aromatic heterocycles. The summed E-state index contributed by atoms with van der Waals surface area (Å²) >= 11 is 0. The molecule has 2 aliphatic rings. The predicted molar refractivity (Wildman–Crippen MR) is 45.4 cm³/mol. The maximum absolute atomic E-state index is 12.5. The maximum atomic E-state index is 12.5. The van der Waals surface area contributed by atoms with E-state index in [0.717, 1.165) is 0 Å². The van der Waals surface area contributed by atoms with Crippen molar-refractivity contribution in [3.63, 3.8) is 0 Å². The van der Waals surface area contributed by atoms with Crippen LogP contribution in [0.25, 0.3) is 0 Å². The molecule has 1 amide bonds. The van der Waals surface area contributed by atoms with Crippen molar-refractivity contribution in [2.75, 3.05) is 0 Å². The molecule has 0 aromatic carbocycles. The summed E-state index contributed by atoms with van der Waals surface area (Å²) in [5.74, 6) is -3.53. The number of aliphatic carboxylic acids is 1. The third-order valence-corrected chi connectivity index (χ3v) is 3.10. The number of carboxylic acid groups (broad SMARTS) is 1. The van der Waals surface area contributed by atoms with Crippen LogP contribution in [0.2, 0.25) is 0 Å². The van der Waals surface area contributed by atoms with E-state index >= 15 is 0 Å². The molecular weight excluding hydrogens is 227 g/mol. The minimum atomic E-state index is -4.45. The molecule has 0 aromatic rings. The van der Waals surface area contributed by atoms with Crippen LogP contribution in [0.1, 0.15) is 19.3 Å². The third-order valence-electron chi connectivity index (χ3n) is 3.10. The number of carboxylic acids is 1. The van der Waals surface area contributed by atoms with Crippen LogP contribution in [0.3, 0.4) is 0 Å². The van der Waals surface area contributed by atoms with Crippen LogP contribution in [0.4, 0.5) is 13.2 Å². The summed E-state index contributed by atoms with van der Waals surface area (Å²) in [5, 5.41) is 10.5. The molecule has 2 unspecified atom stereocenters. The summed E-state index contributed by atoms with van der Waals surface area (Å²) in [4.78, 5) is 21.8. The molecule has 4 nitrogen and oxygen atoms in total. The topological polar surface area (TPSA) is 66.4 Å². The van der Waals surface area contributed by atoms with E-state index < -0.39 is 35.4 Å². The van der Waals surface area contributed by atoms with Gasteiger partial charge in [0.1, 0.15) is 5.54 Å². The number of alkyl halides is 3. The molecule has 2 N–H and O–H groups in total. The van der Waals surface area contributed by atoms with Gasteiger partial charge < -0.3 is 10.4 Å². The second-order valence-electron chi connectivity index (χ2n) is 4.36. The zero-order chi connectivity index (χ0) is 12.1. The largest absolute Gasteiger partial charge is 0.481 e. The first-order valence-corrected chi connectivity index (χ1v) is 4.88. The highest BCUT2D eigenvalue weighted by molar-refractivity contribution is 5.90. The molecule has 7 heteroatoms. The Morgan fingerprint density at radius 1 is 1.25 bits per heavy atom. The Balaban J connectivity index is 1.93. The number of halogens is 3. The first-order chi connectivity index (χ1) is 7.27. The zero-order valence-corrected chi connectivity index (χ0v) is 8.17. The van der Waals surface area contributed by atoms with Crippen LogP contribution in [0.15, 0.2) is 0 Å². The van der Waals surface area contributed by atoms with Crippen LogP contribution in [0.5, 0.6) is 0 Å². The van der Waals surface area contributed by atoms with E-state index in [2.05, 4.69) is 0 Å². The monoisotopic (exact) mass is 237 g/mol. The molecule has 90 valence electrons. The Labute approximate surface area is 88.8 Å². The van der Waals surface area contributed by atoms with Gasteiger partial charge in [0.05, 0.1) is 11.8 Å². The number of amides is 1. The van der Waals surface area contributed by atoms with Crippen molar-refractivity contribution in [3.8, 4) is 0 Å². The van der Waals surface area contributed by atoms with E-state index in [0.29, 0.717) is 0 Å². The fourth-order valence-corrected chi connectivity index (χ4v) is 1.69. The van der Waals surface area contributed by atoms with Gasteiger partial charge in [-0.15, -0.1) is 0 Å². The van der Waals surface area contributed by atoms with Gasteiger partial charge in [0.2, 0.25) is 5.91 Å². The smallest absolute Gasteiger partial charge is 0.411 e. The van der Waals surface area contributed by atoms with Crippen LogP contribution < -0.4 is 5.32 Å². The number of hydrogen-bond donors (Lipinski definition) is 2. The lowest BCUT2D eigenvalue weighted by atomic mass is 10.2. The summed E-state index contributed by atoms with van der Waals surface area (Å²) in [6.45, 7) is 0. The molecule has 2 atom stereocenters. The number of nitrogens with one attached hydrogen (secondary N) is 1. The van der Waals surface area contributed by atoms with Crippen molar-refractivity contribution in [1.82, 2.24) is 5.32 Å².